The molecule has 120 valence electrons. The van der Waals surface area contributed by atoms with Gasteiger partial charge in [-0.05, 0) is 42.8 Å². The molecule has 0 bridgehead atoms. The lowest BCUT2D eigenvalue weighted by atomic mass is 10.3. The highest BCUT2D eigenvalue weighted by Gasteiger charge is 2.31. The van der Waals surface area contributed by atoms with E-state index in [0.29, 0.717) is 16.0 Å². The number of para-hydroxylation sites is 2. The van der Waals surface area contributed by atoms with Crippen molar-refractivity contribution < 1.29 is 4.92 Å². The molecule has 0 spiro atoms. The minimum atomic E-state index is -0.368. The summed E-state index contributed by atoms with van der Waals surface area (Å²) in [6.07, 6.45) is 2.22. The molecule has 0 atom stereocenters. The Balaban J connectivity index is 1.78. The van der Waals surface area contributed by atoms with Gasteiger partial charge in [-0.3, -0.25) is 14.7 Å². The minimum absolute atomic E-state index is 0.0816. The van der Waals surface area contributed by atoms with E-state index in [9.17, 15) is 10.1 Å². The average Bonchev–Trinajstić information content (AvgIpc) is 3.37. The molecule has 0 N–H and O–H groups in total. The van der Waals surface area contributed by atoms with Crippen LogP contribution in [0.5, 0.6) is 0 Å². The quantitative estimate of drug-likeness (QED) is 0.515. The first-order valence-electron chi connectivity index (χ1n) is 7.66. The fourth-order valence-corrected chi connectivity index (χ4v) is 3.53. The van der Waals surface area contributed by atoms with E-state index in [2.05, 4.69) is 10.2 Å². The number of hydrogen-bond acceptors (Lipinski definition) is 5. The molecule has 6 nitrogen and oxygen atoms in total. The summed E-state index contributed by atoms with van der Waals surface area (Å²) in [5, 5.41) is 20.5. The lowest BCUT2D eigenvalue weighted by molar-refractivity contribution is -0.387. The Morgan fingerprint density at radius 1 is 1.04 bits per heavy atom. The molecule has 1 heterocycles. The fourth-order valence-electron chi connectivity index (χ4n) is 2.57. The van der Waals surface area contributed by atoms with Crippen LogP contribution in [0, 0.1) is 10.1 Å². The van der Waals surface area contributed by atoms with Gasteiger partial charge in [0.15, 0.2) is 0 Å². The van der Waals surface area contributed by atoms with Gasteiger partial charge in [-0.2, -0.15) is 0 Å². The van der Waals surface area contributed by atoms with Crippen LogP contribution in [0.2, 0.25) is 0 Å². The Morgan fingerprint density at radius 3 is 2.46 bits per heavy atom. The molecule has 1 aromatic heterocycles. The number of benzene rings is 2. The highest BCUT2D eigenvalue weighted by Crippen LogP contribution is 2.42. The van der Waals surface area contributed by atoms with Gasteiger partial charge in [0.1, 0.15) is 5.82 Å². The second-order valence-corrected chi connectivity index (χ2v) is 6.62. The summed E-state index contributed by atoms with van der Waals surface area (Å²) in [4.78, 5) is 11.4. The molecule has 24 heavy (non-hydrogen) atoms. The molecule has 1 fully saturated rings. The maximum absolute atomic E-state index is 11.2. The van der Waals surface area contributed by atoms with Gasteiger partial charge in [-0.25, -0.2) is 0 Å². The molecule has 3 aromatic rings. The molecular formula is C17H14N4O2S. The first-order valence-corrected chi connectivity index (χ1v) is 8.47. The third kappa shape index (κ3) is 2.78. The zero-order chi connectivity index (χ0) is 16.5. The van der Waals surface area contributed by atoms with Gasteiger partial charge >= 0.3 is 0 Å². The lowest BCUT2D eigenvalue weighted by Crippen LogP contribution is -2.01. The van der Waals surface area contributed by atoms with E-state index < -0.39 is 0 Å². The normalized spacial score (nSPS) is 13.8. The molecule has 0 saturated heterocycles. The van der Waals surface area contributed by atoms with Gasteiger partial charge in [-0.1, -0.05) is 30.3 Å². The first kappa shape index (κ1) is 14.9. The van der Waals surface area contributed by atoms with Crippen LogP contribution in [0.3, 0.4) is 0 Å². The molecule has 1 saturated carbocycles. The van der Waals surface area contributed by atoms with Crippen LogP contribution in [0.4, 0.5) is 5.69 Å². The van der Waals surface area contributed by atoms with Crippen LogP contribution in [0.25, 0.3) is 5.69 Å². The van der Waals surface area contributed by atoms with Gasteiger partial charge in [0.2, 0.25) is 5.16 Å². The van der Waals surface area contributed by atoms with Crippen LogP contribution in [-0.2, 0) is 0 Å². The van der Waals surface area contributed by atoms with Gasteiger partial charge in [-0.15, -0.1) is 10.2 Å². The van der Waals surface area contributed by atoms with Crippen molar-refractivity contribution in [2.45, 2.75) is 28.8 Å². The van der Waals surface area contributed by atoms with Crippen molar-refractivity contribution in [2.24, 2.45) is 0 Å². The number of aromatic nitrogens is 3. The molecule has 2 aromatic carbocycles. The highest BCUT2D eigenvalue weighted by molar-refractivity contribution is 7.99. The predicted octanol–water partition coefficient (Wildman–Crippen LogP) is 4.20. The summed E-state index contributed by atoms with van der Waals surface area (Å²) in [6.45, 7) is 0. The van der Waals surface area contributed by atoms with E-state index >= 15 is 0 Å². The van der Waals surface area contributed by atoms with Crippen LogP contribution < -0.4 is 0 Å². The second-order valence-electron chi connectivity index (χ2n) is 5.61. The van der Waals surface area contributed by atoms with Crippen LogP contribution in [0.15, 0.2) is 64.6 Å². The molecule has 0 radical (unpaired) electrons. The van der Waals surface area contributed by atoms with Gasteiger partial charge < -0.3 is 0 Å². The maximum Gasteiger partial charge on any atom is 0.283 e. The van der Waals surface area contributed by atoms with E-state index in [4.69, 9.17) is 0 Å². The van der Waals surface area contributed by atoms with Crippen molar-refractivity contribution in [1.29, 1.82) is 0 Å². The third-order valence-electron chi connectivity index (χ3n) is 3.88. The largest absolute Gasteiger partial charge is 0.283 e. The number of rotatable bonds is 5. The van der Waals surface area contributed by atoms with E-state index in [1.165, 1.54) is 17.8 Å². The second kappa shape index (κ2) is 6.09. The van der Waals surface area contributed by atoms with Crippen molar-refractivity contribution in [3.63, 3.8) is 0 Å². The third-order valence-corrected chi connectivity index (χ3v) is 4.89. The zero-order valence-corrected chi connectivity index (χ0v) is 13.5. The molecule has 1 aliphatic carbocycles. The molecule has 0 unspecified atom stereocenters. The Hall–Kier alpha value is -2.67. The highest BCUT2D eigenvalue weighted by atomic mass is 32.2. The fraction of sp³-hybridized carbons (Fsp3) is 0.176. The SMILES string of the molecule is O=[N+]([O-])c1ccccc1Sc1nnc(C2CC2)n1-c1ccccc1. The number of nitro groups is 1. The Labute approximate surface area is 142 Å². The van der Waals surface area contributed by atoms with Crippen molar-refractivity contribution in [3.05, 3.63) is 70.5 Å². The van der Waals surface area contributed by atoms with E-state index in [-0.39, 0.29) is 10.6 Å². The summed E-state index contributed by atoms with van der Waals surface area (Å²) in [6, 6.07) is 16.6. The van der Waals surface area contributed by atoms with E-state index in [0.717, 1.165) is 24.4 Å². The molecule has 7 heteroatoms. The Bertz CT molecular complexity index is 891. The predicted molar refractivity (Wildman–Crippen MR) is 90.6 cm³/mol. The Kier molecular flexibility index (Phi) is 3.78. The van der Waals surface area contributed by atoms with Crippen molar-refractivity contribution in [2.75, 3.05) is 0 Å². The summed E-state index contributed by atoms with van der Waals surface area (Å²) in [7, 11) is 0. The number of nitrogens with zero attached hydrogens (tertiary/aromatic N) is 4. The monoisotopic (exact) mass is 338 g/mol. The smallest absolute Gasteiger partial charge is 0.274 e. The molecule has 0 amide bonds. The van der Waals surface area contributed by atoms with Crippen LogP contribution >= 0.6 is 11.8 Å². The van der Waals surface area contributed by atoms with Crippen LogP contribution in [-0.4, -0.2) is 19.7 Å². The van der Waals surface area contributed by atoms with E-state index in [1.807, 2.05) is 34.9 Å². The minimum Gasteiger partial charge on any atom is -0.274 e. The number of nitro benzene ring substituents is 1. The summed E-state index contributed by atoms with van der Waals surface area (Å²) in [5.74, 6) is 1.36. The summed E-state index contributed by atoms with van der Waals surface area (Å²) < 4.78 is 2.01. The topological polar surface area (TPSA) is 73.8 Å². The Morgan fingerprint density at radius 2 is 1.75 bits per heavy atom. The molecule has 0 aliphatic heterocycles. The molecule has 1 aliphatic rings. The average molecular weight is 338 g/mol. The van der Waals surface area contributed by atoms with Crippen molar-refractivity contribution in [3.8, 4) is 5.69 Å². The standard InChI is InChI=1S/C17H14N4O2S/c22-21(23)14-8-4-5-9-15(14)24-17-19-18-16(12-10-11-12)20(17)13-6-2-1-3-7-13/h1-9,12H,10-11H2. The lowest BCUT2D eigenvalue weighted by Gasteiger charge is -2.09. The van der Waals surface area contributed by atoms with Gasteiger partial charge in [0.05, 0.1) is 9.82 Å². The van der Waals surface area contributed by atoms with Gasteiger partial charge in [0.25, 0.3) is 5.69 Å². The summed E-state index contributed by atoms with van der Waals surface area (Å²) in [5.41, 5.74) is 1.06. The summed E-state index contributed by atoms with van der Waals surface area (Å²) >= 11 is 1.28. The van der Waals surface area contributed by atoms with E-state index in [1.54, 1.807) is 18.2 Å². The number of hydrogen-bond donors (Lipinski definition) is 0. The van der Waals surface area contributed by atoms with Gasteiger partial charge in [0, 0.05) is 17.7 Å². The first-order chi connectivity index (χ1) is 11.7. The molecular weight excluding hydrogens is 324 g/mol. The zero-order valence-electron chi connectivity index (χ0n) is 12.7. The van der Waals surface area contributed by atoms with Crippen LogP contribution in [0.1, 0.15) is 24.6 Å². The van der Waals surface area contributed by atoms with Crippen molar-refractivity contribution >= 4 is 17.4 Å². The maximum atomic E-state index is 11.2. The van der Waals surface area contributed by atoms with Crippen molar-refractivity contribution in [1.82, 2.24) is 14.8 Å². The molecule has 4 rings (SSSR count).